The Balaban J connectivity index is 1.70. The summed E-state index contributed by atoms with van der Waals surface area (Å²) in [4.78, 5) is 14.5. The SMILES string of the molecule is COc1ccccc1OCC(=O)N1Cc2ccccc2C(C)(C)C1. The molecule has 2 aromatic rings. The van der Waals surface area contributed by atoms with Gasteiger partial charge in [-0.25, -0.2) is 0 Å². The molecule has 0 saturated heterocycles. The van der Waals surface area contributed by atoms with Crippen molar-refractivity contribution in [2.75, 3.05) is 20.3 Å². The largest absolute Gasteiger partial charge is 0.493 e. The molecule has 0 radical (unpaired) electrons. The van der Waals surface area contributed by atoms with Gasteiger partial charge in [-0.2, -0.15) is 0 Å². The number of para-hydroxylation sites is 2. The lowest BCUT2D eigenvalue weighted by atomic mass is 9.78. The fraction of sp³-hybridized carbons (Fsp3) is 0.350. The van der Waals surface area contributed by atoms with Gasteiger partial charge in [0, 0.05) is 18.5 Å². The first-order valence-electron chi connectivity index (χ1n) is 8.13. The van der Waals surface area contributed by atoms with E-state index in [1.165, 1.54) is 11.1 Å². The number of hydrogen-bond acceptors (Lipinski definition) is 3. The second-order valence-electron chi connectivity index (χ2n) is 6.73. The van der Waals surface area contributed by atoms with Gasteiger partial charge in [0.25, 0.3) is 5.91 Å². The molecule has 0 saturated carbocycles. The van der Waals surface area contributed by atoms with E-state index < -0.39 is 0 Å². The number of carbonyl (C=O) groups is 1. The predicted molar refractivity (Wildman–Crippen MR) is 93.4 cm³/mol. The summed E-state index contributed by atoms with van der Waals surface area (Å²) >= 11 is 0. The van der Waals surface area contributed by atoms with Crippen LogP contribution in [0.1, 0.15) is 25.0 Å². The molecule has 126 valence electrons. The van der Waals surface area contributed by atoms with E-state index in [2.05, 4.69) is 32.0 Å². The minimum absolute atomic E-state index is 0.0107. The van der Waals surface area contributed by atoms with Crippen molar-refractivity contribution in [3.8, 4) is 11.5 Å². The Hall–Kier alpha value is -2.49. The van der Waals surface area contributed by atoms with Crippen molar-refractivity contribution >= 4 is 5.91 Å². The zero-order valence-corrected chi connectivity index (χ0v) is 14.4. The smallest absolute Gasteiger partial charge is 0.260 e. The lowest BCUT2D eigenvalue weighted by molar-refractivity contribution is -0.135. The first kappa shape index (κ1) is 16.4. The van der Waals surface area contributed by atoms with Gasteiger partial charge in [-0.15, -0.1) is 0 Å². The first-order chi connectivity index (χ1) is 11.5. The Kier molecular flexibility index (Phi) is 4.47. The molecular weight excluding hydrogens is 302 g/mol. The van der Waals surface area contributed by atoms with Crippen LogP contribution in [0, 0.1) is 0 Å². The molecule has 24 heavy (non-hydrogen) atoms. The maximum absolute atomic E-state index is 12.6. The molecule has 4 nitrogen and oxygen atoms in total. The van der Waals surface area contributed by atoms with E-state index in [4.69, 9.17) is 9.47 Å². The summed E-state index contributed by atoms with van der Waals surface area (Å²) in [6.45, 7) is 5.68. The molecule has 2 aromatic carbocycles. The maximum Gasteiger partial charge on any atom is 0.260 e. The van der Waals surface area contributed by atoms with Gasteiger partial charge in [0.2, 0.25) is 0 Å². The third-order valence-electron chi connectivity index (χ3n) is 4.47. The van der Waals surface area contributed by atoms with Gasteiger partial charge in [0.05, 0.1) is 7.11 Å². The molecule has 0 fully saturated rings. The van der Waals surface area contributed by atoms with Gasteiger partial charge in [0.1, 0.15) is 0 Å². The predicted octanol–water partition coefficient (Wildman–Crippen LogP) is 3.39. The van der Waals surface area contributed by atoms with E-state index in [0.717, 1.165) is 0 Å². The third-order valence-corrected chi connectivity index (χ3v) is 4.47. The van der Waals surface area contributed by atoms with Crippen LogP contribution in [0.4, 0.5) is 0 Å². The van der Waals surface area contributed by atoms with Crippen LogP contribution in [-0.4, -0.2) is 31.1 Å². The van der Waals surface area contributed by atoms with Crippen molar-refractivity contribution in [1.29, 1.82) is 0 Å². The number of methoxy groups -OCH3 is 1. The Morgan fingerprint density at radius 3 is 2.50 bits per heavy atom. The van der Waals surface area contributed by atoms with Crippen molar-refractivity contribution in [3.05, 3.63) is 59.7 Å². The lowest BCUT2D eigenvalue weighted by Crippen LogP contribution is -2.46. The molecule has 0 aliphatic carbocycles. The average molecular weight is 325 g/mol. The van der Waals surface area contributed by atoms with Crippen LogP contribution < -0.4 is 9.47 Å². The van der Waals surface area contributed by atoms with Crippen LogP contribution in [0.3, 0.4) is 0 Å². The van der Waals surface area contributed by atoms with Gasteiger partial charge in [-0.05, 0) is 23.3 Å². The van der Waals surface area contributed by atoms with E-state index >= 15 is 0 Å². The molecule has 1 amide bonds. The van der Waals surface area contributed by atoms with Crippen LogP contribution in [0.15, 0.2) is 48.5 Å². The average Bonchev–Trinajstić information content (AvgIpc) is 2.59. The van der Waals surface area contributed by atoms with Gasteiger partial charge in [-0.3, -0.25) is 4.79 Å². The van der Waals surface area contributed by atoms with Crippen LogP contribution in [-0.2, 0) is 16.8 Å². The minimum Gasteiger partial charge on any atom is -0.493 e. The second kappa shape index (κ2) is 6.56. The third kappa shape index (κ3) is 3.23. The number of benzene rings is 2. The van der Waals surface area contributed by atoms with E-state index in [9.17, 15) is 4.79 Å². The van der Waals surface area contributed by atoms with Crippen molar-refractivity contribution < 1.29 is 14.3 Å². The van der Waals surface area contributed by atoms with Gasteiger partial charge < -0.3 is 14.4 Å². The summed E-state index contributed by atoms with van der Waals surface area (Å²) < 4.78 is 10.9. The van der Waals surface area contributed by atoms with Gasteiger partial charge in [-0.1, -0.05) is 50.2 Å². The topological polar surface area (TPSA) is 38.8 Å². The maximum atomic E-state index is 12.6. The summed E-state index contributed by atoms with van der Waals surface area (Å²) in [6, 6.07) is 15.7. The Labute approximate surface area is 143 Å². The number of rotatable bonds is 4. The quantitative estimate of drug-likeness (QED) is 0.865. The molecule has 1 aliphatic rings. The van der Waals surface area contributed by atoms with E-state index in [0.29, 0.717) is 24.6 Å². The monoisotopic (exact) mass is 325 g/mol. The normalized spacial score (nSPS) is 15.5. The summed E-state index contributed by atoms with van der Waals surface area (Å²) in [6.07, 6.45) is 0. The van der Waals surface area contributed by atoms with Crippen molar-refractivity contribution in [1.82, 2.24) is 4.90 Å². The zero-order valence-electron chi connectivity index (χ0n) is 14.4. The lowest BCUT2D eigenvalue weighted by Gasteiger charge is -2.39. The van der Waals surface area contributed by atoms with Gasteiger partial charge in [0.15, 0.2) is 18.1 Å². The second-order valence-corrected chi connectivity index (χ2v) is 6.73. The van der Waals surface area contributed by atoms with Crippen LogP contribution in [0.5, 0.6) is 11.5 Å². The van der Waals surface area contributed by atoms with Crippen LogP contribution in [0.25, 0.3) is 0 Å². The summed E-state index contributed by atoms with van der Waals surface area (Å²) in [5.41, 5.74) is 2.47. The molecule has 0 unspecified atom stereocenters. The standard InChI is InChI=1S/C20H23NO3/c1-20(2)14-21(12-15-8-4-5-9-16(15)20)19(22)13-24-18-11-7-6-10-17(18)23-3/h4-11H,12-14H2,1-3H3. The Morgan fingerprint density at radius 1 is 1.08 bits per heavy atom. The van der Waals surface area contributed by atoms with Crippen molar-refractivity contribution in [3.63, 3.8) is 0 Å². The molecule has 0 bridgehead atoms. The van der Waals surface area contributed by atoms with Crippen molar-refractivity contribution in [2.24, 2.45) is 0 Å². The number of nitrogens with zero attached hydrogens (tertiary/aromatic N) is 1. The van der Waals surface area contributed by atoms with E-state index in [1.54, 1.807) is 7.11 Å². The van der Waals surface area contributed by atoms with Crippen molar-refractivity contribution in [2.45, 2.75) is 25.8 Å². The number of carbonyl (C=O) groups excluding carboxylic acids is 1. The molecule has 3 rings (SSSR count). The highest BCUT2D eigenvalue weighted by Crippen LogP contribution is 2.33. The fourth-order valence-corrected chi connectivity index (χ4v) is 3.29. The highest BCUT2D eigenvalue weighted by molar-refractivity contribution is 5.78. The zero-order chi connectivity index (χ0) is 17.2. The first-order valence-corrected chi connectivity index (χ1v) is 8.13. The molecule has 1 heterocycles. The van der Waals surface area contributed by atoms with E-state index in [1.807, 2.05) is 35.2 Å². The highest BCUT2D eigenvalue weighted by atomic mass is 16.5. The minimum atomic E-state index is -0.0606. The Bertz CT molecular complexity index is 739. The highest BCUT2D eigenvalue weighted by Gasteiger charge is 2.33. The molecule has 1 aliphatic heterocycles. The number of ether oxygens (including phenoxy) is 2. The van der Waals surface area contributed by atoms with Crippen LogP contribution in [0.2, 0.25) is 0 Å². The van der Waals surface area contributed by atoms with Crippen LogP contribution >= 0.6 is 0 Å². The summed E-state index contributed by atoms with van der Waals surface area (Å²) in [5, 5.41) is 0. The molecular formula is C20H23NO3. The molecule has 0 N–H and O–H groups in total. The molecule has 4 heteroatoms. The molecule has 0 atom stereocenters. The van der Waals surface area contributed by atoms with E-state index in [-0.39, 0.29) is 17.9 Å². The number of amides is 1. The molecule has 0 spiro atoms. The fourth-order valence-electron chi connectivity index (χ4n) is 3.29. The Morgan fingerprint density at radius 2 is 1.75 bits per heavy atom. The number of hydrogen-bond donors (Lipinski definition) is 0. The number of fused-ring (bicyclic) bond motifs is 1. The molecule has 0 aromatic heterocycles. The van der Waals surface area contributed by atoms with Gasteiger partial charge >= 0.3 is 0 Å². The summed E-state index contributed by atoms with van der Waals surface area (Å²) in [7, 11) is 1.59. The summed E-state index contributed by atoms with van der Waals surface area (Å²) in [5.74, 6) is 1.21.